The third kappa shape index (κ3) is 4.99. The number of carbonyl (C=O) groups excluding carboxylic acids is 1. The summed E-state index contributed by atoms with van der Waals surface area (Å²) < 4.78 is 5.11. The number of hydrogen-bond donors (Lipinski definition) is 3. The fraction of sp³-hybridized carbons (Fsp3) is 0.300. The van der Waals surface area contributed by atoms with Gasteiger partial charge in [0.15, 0.2) is 11.7 Å². The van der Waals surface area contributed by atoms with Crippen molar-refractivity contribution in [2.24, 2.45) is 4.99 Å². The largest absolute Gasteiger partial charge is 0.459 e. The SMILES string of the molecule is CCNC(=NCc1cccc(NC(=O)c2ccco2)c1)NC1CC=CC1. The summed E-state index contributed by atoms with van der Waals surface area (Å²) in [5, 5.41) is 9.56. The number of nitrogens with one attached hydrogen (secondary N) is 3. The summed E-state index contributed by atoms with van der Waals surface area (Å²) in [6.45, 7) is 3.39. The Hall–Kier alpha value is -3.02. The molecule has 1 heterocycles. The van der Waals surface area contributed by atoms with Gasteiger partial charge >= 0.3 is 0 Å². The van der Waals surface area contributed by atoms with Gasteiger partial charge in [-0.3, -0.25) is 4.79 Å². The lowest BCUT2D eigenvalue weighted by Gasteiger charge is -2.16. The molecule has 0 fully saturated rings. The van der Waals surface area contributed by atoms with Gasteiger partial charge in [0.05, 0.1) is 12.8 Å². The van der Waals surface area contributed by atoms with Gasteiger partial charge in [-0.25, -0.2) is 4.99 Å². The lowest BCUT2D eigenvalue weighted by atomic mass is 10.2. The number of guanidine groups is 1. The maximum absolute atomic E-state index is 12.1. The molecule has 0 aliphatic heterocycles. The van der Waals surface area contributed by atoms with E-state index in [-0.39, 0.29) is 11.7 Å². The van der Waals surface area contributed by atoms with Crippen molar-refractivity contribution in [2.45, 2.75) is 32.4 Å². The number of hydrogen-bond acceptors (Lipinski definition) is 3. The highest BCUT2D eigenvalue weighted by atomic mass is 16.3. The number of aliphatic imine (C=N–C) groups is 1. The second-order valence-corrected chi connectivity index (χ2v) is 6.11. The maximum atomic E-state index is 12.1. The monoisotopic (exact) mass is 352 g/mol. The molecule has 6 nitrogen and oxygen atoms in total. The summed E-state index contributed by atoms with van der Waals surface area (Å²) in [5.74, 6) is 0.836. The third-order valence-electron chi connectivity index (χ3n) is 4.04. The lowest BCUT2D eigenvalue weighted by Crippen LogP contribution is -2.42. The number of amides is 1. The van der Waals surface area contributed by atoms with E-state index in [4.69, 9.17) is 4.42 Å². The van der Waals surface area contributed by atoms with Crippen molar-refractivity contribution < 1.29 is 9.21 Å². The Morgan fingerprint density at radius 1 is 1.23 bits per heavy atom. The first-order valence-electron chi connectivity index (χ1n) is 8.88. The van der Waals surface area contributed by atoms with Crippen LogP contribution in [0.1, 0.15) is 35.9 Å². The number of rotatable bonds is 6. The second kappa shape index (κ2) is 8.89. The number of carbonyl (C=O) groups is 1. The molecule has 0 unspecified atom stereocenters. The topological polar surface area (TPSA) is 78.7 Å². The first-order chi connectivity index (χ1) is 12.7. The van der Waals surface area contributed by atoms with Crippen LogP contribution in [0, 0.1) is 0 Å². The summed E-state index contributed by atoms with van der Waals surface area (Å²) in [6, 6.07) is 11.4. The minimum atomic E-state index is -0.264. The molecular formula is C20H24N4O2. The second-order valence-electron chi connectivity index (χ2n) is 6.11. The van der Waals surface area contributed by atoms with Gasteiger partial charge < -0.3 is 20.4 Å². The predicted molar refractivity (Wildman–Crippen MR) is 103 cm³/mol. The molecule has 0 saturated carbocycles. The highest BCUT2D eigenvalue weighted by Gasteiger charge is 2.12. The third-order valence-corrected chi connectivity index (χ3v) is 4.04. The fourth-order valence-electron chi connectivity index (χ4n) is 2.77. The maximum Gasteiger partial charge on any atom is 0.291 e. The Bertz CT molecular complexity index is 773. The van der Waals surface area contributed by atoms with Gasteiger partial charge in [-0.05, 0) is 49.6 Å². The summed E-state index contributed by atoms with van der Waals surface area (Å²) in [4.78, 5) is 16.7. The van der Waals surface area contributed by atoms with E-state index in [1.54, 1.807) is 12.1 Å². The van der Waals surface area contributed by atoms with Crippen LogP contribution in [0.5, 0.6) is 0 Å². The van der Waals surface area contributed by atoms with E-state index < -0.39 is 0 Å². The molecule has 0 spiro atoms. The Kier molecular flexibility index (Phi) is 6.09. The Morgan fingerprint density at radius 2 is 2.08 bits per heavy atom. The van der Waals surface area contributed by atoms with E-state index in [0.717, 1.165) is 36.6 Å². The van der Waals surface area contributed by atoms with Crippen LogP contribution in [-0.2, 0) is 6.54 Å². The molecule has 26 heavy (non-hydrogen) atoms. The molecule has 3 rings (SSSR count). The molecule has 1 amide bonds. The van der Waals surface area contributed by atoms with Crippen molar-refractivity contribution in [1.29, 1.82) is 0 Å². The van der Waals surface area contributed by atoms with Gasteiger partial charge in [0, 0.05) is 18.3 Å². The van der Waals surface area contributed by atoms with Crippen molar-refractivity contribution >= 4 is 17.6 Å². The van der Waals surface area contributed by atoms with E-state index in [2.05, 4.69) is 40.0 Å². The minimum absolute atomic E-state index is 0.264. The Morgan fingerprint density at radius 3 is 2.81 bits per heavy atom. The molecule has 3 N–H and O–H groups in total. The van der Waals surface area contributed by atoms with Crippen molar-refractivity contribution in [2.75, 3.05) is 11.9 Å². The smallest absolute Gasteiger partial charge is 0.291 e. The molecule has 1 aliphatic rings. The van der Waals surface area contributed by atoms with Crippen LogP contribution in [0.15, 0.2) is 64.2 Å². The highest BCUT2D eigenvalue weighted by molar-refractivity contribution is 6.02. The molecule has 0 atom stereocenters. The first-order valence-corrected chi connectivity index (χ1v) is 8.88. The van der Waals surface area contributed by atoms with Crippen molar-refractivity contribution in [3.05, 3.63) is 66.1 Å². The fourth-order valence-corrected chi connectivity index (χ4v) is 2.77. The molecule has 1 aliphatic carbocycles. The van der Waals surface area contributed by atoms with Crippen molar-refractivity contribution in [3.8, 4) is 0 Å². The highest BCUT2D eigenvalue weighted by Crippen LogP contribution is 2.14. The zero-order valence-corrected chi connectivity index (χ0v) is 14.9. The summed E-state index contributed by atoms with van der Waals surface area (Å²) in [5.41, 5.74) is 1.74. The number of benzene rings is 1. The van der Waals surface area contributed by atoms with Crippen LogP contribution in [0.2, 0.25) is 0 Å². The quantitative estimate of drug-likeness (QED) is 0.423. The van der Waals surface area contributed by atoms with Crippen LogP contribution >= 0.6 is 0 Å². The molecule has 1 aromatic heterocycles. The first kappa shape index (κ1) is 17.8. The zero-order valence-electron chi connectivity index (χ0n) is 14.9. The average Bonchev–Trinajstić information content (AvgIpc) is 3.34. The van der Waals surface area contributed by atoms with Gasteiger partial charge in [-0.15, -0.1) is 0 Å². The van der Waals surface area contributed by atoms with E-state index in [9.17, 15) is 4.79 Å². The van der Waals surface area contributed by atoms with Gasteiger partial charge in [-0.2, -0.15) is 0 Å². The predicted octanol–water partition coefficient (Wildman–Crippen LogP) is 3.31. The van der Waals surface area contributed by atoms with Gasteiger partial charge in [-0.1, -0.05) is 24.3 Å². The molecule has 0 radical (unpaired) electrons. The molecule has 1 aromatic carbocycles. The van der Waals surface area contributed by atoms with E-state index >= 15 is 0 Å². The van der Waals surface area contributed by atoms with E-state index in [1.807, 2.05) is 24.3 Å². The molecule has 6 heteroatoms. The molecule has 0 saturated heterocycles. The number of furan rings is 1. The van der Waals surface area contributed by atoms with Crippen LogP contribution < -0.4 is 16.0 Å². The molecule has 136 valence electrons. The van der Waals surface area contributed by atoms with Gasteiger partial charge in [0.2, 0.25) is 0 Å². The van der Waals surface area contributed by atoms with Crippen LogP contribution in [0.4, 0.5) is 5.69 Å². The van der Waals surface area contributed by atoms with Crippen molar-refractivity contribution in [3.63, 3.8) is 0 Å². The van der Waals surface area contributed by atoms with Crippen LogP contribution in [0.3, 0.4) is 0 Å². The average molecular weight is 352 g/mol. The number of nitrogens with zero attached hydrogens (tertiary/aromatic N) is 1. The van der Waals surface area contributed by atoms with Crippen LogP contribution in [0.25, 0.3) is 0 Å². The zero-order chi connectivity index (χ0) is 18.2. The number of anilines is 1. The Balaban J connectivity index is 1.62. The van der Waals surface area contributed by atoms with Gasteiger partial charge in [0.25, 0.3) is 5.91 Å². The molecule has 0 bridgehead atoms. The summed E-state index contributed by atoms with van der Waals surface area (Å²) in [6.07, 6.45) is 7.91. The van der Waals surface area contributed by atoms with E-state index in [1.165, 1.54) is 6.26 Å². The molecular weight excluding hydrogens is 328 g/mol. The Labute approximate surface area is 153 Å². The van der Waals surface area contributed by atoms with Crippen molar-refractivity contribution in [1.82, 2.24) is 10.6 Å². The van der Waals surface area contributed by atoms with Crippen LogP contribution in [-0.4, -0.2) is 24.5 Å². The standard InChI is InChI=1S/C20H24N4O2/c1-2-21-20(24-16-8-3-4-9-16)22-14-15-7-5-10-17(13-15)23-19(25)18-11-6-12-26-18/h3-7,10-13,16H,2,8-9,14H2,1H3,(H,23,25)(H2,21,22,24). The summed E-state index contributed by atoms with van der Waals surface area (Å²) >= 11 is 0. The van der Waals surface area contributed by atoms with E-state index in [0.29, 0.717) is 12.6 Å². The molecule has 2 aromatic rings. The summed E-state index contributed by atoms with van der Waals surface area (Å²) in [7, 11) is 0. The lowest BCUT2D eigenvalue weighted by molar-refractivity contribution is 0.0996. The normalized spacial score (nSPS) is 14.4. The minimum Gasteiger partial charge on any atom is -0.459 e. The van der Waals surface area contributed by atoms with Gasteiger partial charge in [0.1, 0.15) is 0 Å².